The van der Waals surface area contributed by atoms with E-state index in [1.165, 1.54) is 23.8 Å². The second-order valence-electron chi connectivity index (χ2n) is 5.68. The Morgan fingerprint density at radius 3 is 2.90 bits per heavy atom. The van der Waals surface area contributed by atoms with E-state index in [1.54, 1.807) is 6.08 Å². The van der Waals surface area contributed by atoms with Crippen molar-refractivity contribution >= 4 is 74.5 Å². The summed E-state index contributed by atoms with van der Waals surface area (Å²) in [6.45, 7) is 0. The summed E-state index contributed by atoms with van der Waals surface area (Å²) in [6.07, 6.45) is 3.53. The molecule has 0 radical (unpaired) electrons. The number of nitrogens with two attached hydrogens (primary N) is 1. The molecule has 2 aliphatic heterocycles. The van der Waals surface area contributed by atoms with Crippen LogP contribution < -0.4 is 11.1 Å². The van der Waals surface area contributed by atoms with E-state index in [-0.39, 0.29) is 22.4 Å². The van der Waals surface area contributed by atoms with Crippen LogP contribution in [0.15, 0.2) is 28.6 Å². The molecule has 29 heavy (non-hydrogen) atoms. The number of alkyl halides is 1. The van der Waals surface area contributed by atoms with Crippen molar-refractivity contribution in [2.45, 2.75) is 11.4 Å². The fourth-order valence-electron chi connectivity index (χ4n) is 2.77. The van der Waals surface area contributed by atoms with E-state index in [0.29, 0.717) is 15.8 Å². The number of nitrogens with one attached hydrogen (secondary N) is 1. The van der Waals surface area contributed by atoms with Crippen LogP contribution in [0.2, 0.25) is 0 Å². The molecule has 2 amide bonds. The number of nitrogen functional groups attached to an aromatic ring is 1. The monoisotopic (exact) mass is 550 g/mol. The highest BCUT2D eigenvalue weighted by Gasteiger charge is 2.54. The van der Waals surface area contributed by atoms with Gasteiger partial charge in [-0.05, 0) is 5.57 Å². The van der Waals surface area contributed by atoms with Crippen molar-refractivity contribution < 1.29 is 24.3 Å². The number of fused-ring (bicyclic) bond motifs is 1. The third-order valence-electron chi connectivity index (χ3n) is 3.95. The van der Waals surface area contributed by atoms with E-state index in [2.05, 4.69) is 47.3 Å². The Labute approximate surface area is 186 Å². The minimum Gasteiger partial charge on any atom is -0.477 e. The van der Waals surface area contributed by atoms with Gasteiger partial charge in [0.1, 0.15) is 24.2 Å². The SMILES string of the molecule is CO/N=C(\C(=O)NC1C(=O)N2C(C(=O)O)=C(/C=C/CI)CS[C@H]12)c1nsc(N)n1. The van der Waals surface area contributed by atoms with E-state index in [9.17, 15) is 19.5 Å². The van der Waals surface area contributed by atoms with Crippen LogP contribution in [-0.4, -0.2) is 71.6 Å². The van der Waals surface area contributed by atoms with Crippen LogP contribution in [-0.2, 0) is 19.2 Å². The van der Waals surface area contributed by atoms with Gasteiger partial charge in [-0.3, -0.25) is 14.5 Å². The number of anilines is 1. The number of aromatic nitrogens is 2. The van der Waals surface area contributed by atoms with E-state index < -0.39 is 29.2 Å². The first-order valence-electron chi connectivity index (χ1n) is 8.04. The number of β-lactam (4-membered cyclic amide) rings is 1. The molecule has 1 unspecified atom stereocenters. The van der Waals surface area contributed by atoms with Gasteiger partial charge in [0.05, 0.1) is 0 Å². The Bertz CT molecular complexity index is 945. The molecular weight excluding hydrogens is 535 g/mol. The number of carbonyl (C=O) groups is 3. The molecule has 2 aliphatic rings. The quantitative estimate of drug-likeness (QED) is 0.142. The van der Waals surface area contributed by atoms with Gasteiger partial charge in [0.25, 0.3) is 11.8 Å². The summed E-state index contributed by atoms with van der Waals surface area (Å²) >= 11 is 4.39. The van der Waals surface area contributed by atoms with Gasteiger partial charge < -0.3 is 21.0 Å². The van der Waals surface area contributed by atoms with Crippen LogP contribution in [0.4, 0.5) is 5.13 Å². The first-order valence-corrected chi connectivity index (χ1v) is 11.4. The maximum Gasteiger partial charge on any atom is 0.352 e. The molecule has 3 rings (SSSR count). The highest BCUT2D eigenvalue weighted by atomic mass is 127. The maximum atomic E-state index is 12.6. The summed E-state index contributed by atoms with van der Waals surface area (Å²) < 4.78 is 4.64. The van der Waals surface area contributed by atoms with Crippen molar-refractivity contribution in [1.29, 1.82) is 0 Å². The van der Waals surface area contributed by atoms with Gasteiger partial charge in [-0.2, -0.15) is 9.36 Å². The Hall–Kier alpha value is -2.20. The normalized spacial score (nSPS) is 21.8. The van der Waals surface area contributed by atoms with E-state index in [4.69, 9.17) is 5.73 Å². The number of aliphatic carboxylic acids is 1. The lowest BCUT2D eigenvalue weighted by atomic mass is 10.0. The summed E-state index contributed by atoms with van der Waals surface area (Å²) in [5, 5.41) is 15.4. The molecule has 0 saturated carbocycles. The zero-order valence-electron chi connectivity index (χ0n) is 14.9. The molecule has 3 heterocycles. The van der Waals surface area contributed by atoms with E-state index in [0.717, 1.165) is 11.5 Å². The molecule has 14 heteroatoms. The standard InChI is InChI=1S/C15H15IN6O5S2/c1-27-20-7(10-19-15(17)29-21-10)11(23)18-8-12(24)22-9(14(25)26)6(3-2-4-16)5-28-13(8)22/h2-3,8,13H,4-5H2,1H3,(H,18,23)(H,25,26)(H2,17,19,21)/b3-2+,20-7-/t8?,13-/m1/s1. The minimum absolute atomic E-state index is 0.0240. The first kappa shape index (κ1) is 21.5. The van der Waals surface area contributed by atoms with Crippen LogP contribution in [0.25, 0.3) is 0 Å². The summed E-state index contributed by atoms with van der Waals surface area (Å²) in [5.41, 5.74) is 5.80. The lowest BCUT2D eigenvalue weighted by Gasteiger charge is -2.49. The van der Waals surface area contributed by atoms with Crippen molar-refractivity contribution in [3.63, 3.8) is 0 Å². The van der Waals surface area contributed by atoms with Crippen LogP contribution in [0.5, 0.6) is 0 Å². The average Bonchev–Trinajstić information content (AvgIpc) is 3.13. The van der Waals surface area contributed by atoms with Gasteiger partial charge in [0.2, 0.25) is 11.5 Å². The van der Waals surface area contributed by atoms with Crippen molar-refractivity contribution in [1.82, 2.24) is 19.6 Å². The molecule has 0 aliphatic carbocycles. The average molecular weight is 550 g/mol. The zero-order valence-corrected chi connectivity index (χ0v) is 18.7. The van der Waals surface area contributed by atoms with Crippen molar-refractivity contribution in [2.75, 3.05) is 23.0 Å². The largest absolute Gasteiger partial charge is 0.477 e. The van der Waals surface area contributed by atoms with Gasteiger partial charge in [0.15, 0.2) is 5.13 Å². The molecule has 2 atom stereocenters. The molecule has 4 N–H and O–H groups in total. The Kier molecular flexibility index (Phi) is 6.74. The lowest BCUT2D eigenvalue weighted by molar-refractivity contribution is -0.150. The fraction of sp³-hybridized carbons (Fsp3) is 0.333. The third-order valence-corrected chi connectivity index (χ3v) is 6.30. The molecule has 1 fully saturated rings. The van der Waals surface area contributed by atoms with Crippen LogP contribution in [0, 0.1) is 0 Å². The number of amides is 2. The molecule has 1 aromatic rings. The molecule has 0 bridgehead atoms. The van der Waals surface area contributed by atoms with Gasteiger partial charge in [-0.1, -0.05) is 39.9 Å². The van der Waals surface area contributed by atoms with E-state index in [1.807, 2.05) is 6.08 Å². The summed E-state index contributed by atoms with van der Waals surface area (Å²) in [4.78, 5) is 46.8. The predicted octanol–water partition coefficient (Wildman–Crippen LogP) is 0.201. The Morgan fingerprint density at radius 2 is 2.31 bits per heavy atom. The number of oxime groups is 1. The lowest BCUT2D eigenvalue weighted by Crippen LogP contribution is -2.71. The second-order valence-corrected chi connectivity index (χ2v) is 8.44. The second kappa shape index (κ2) is 9.08. The molecule has 0 spiro atoms. The van der Waals surface area contributed by atoms with Crippen LogP contribution in [0.1, 0.15) is 5.82 Å². The zero-order chi connectivity index (χ0) is 21.1. The number of rotatable bonds is 7. The highest BCUT2D eigenvalue weighted by molar-refractivity contribution is 14.1. The molecule has 1 aromatic heterocycles. The molecule has 154 valence electrons. The van der Waals surface area contributed by atoms with Gasteiger partial charge >= 0.3 is 5.97 Å². The van der Waals surface area contributed by atoms with Gasteiger partial charge in [-0.25, -0.2) is 4.79 Å². The summed E-state index contributed by atoms with van der Waals surface area (Å²) in [6, 6.07) is -0.907. The number of carboxylic acid groups (broad SMARTS) is 1. The Morgan fingerprint density at radius 1 is 1.55 bits per heavy atom. The minimum atomic E-state index is -1.19. The van der Waals surface area contributed by atoms with Crippen molar-refractivity contribution in [3.8, 4) is 0 Å². The topological polar surface area (TPSA) is 160 Å². The first-order chi connectivity index (χ1) is 13.9. The maximum absolute atomic E-state index is 12.6. The number of carbonyl (C=O) groups excluding carboxylic acids is 2. The summed E-state index contributed by atoms with van der Waals surface area (Å²) in [7, 11) is 1.25. The fourth-order valence-corrected chi connectivity index (χ4v) is 4.78. The van der Waals surface area contributed by atoms with Crippen molar-refractivity contribution in [3.05, 3.63) is 29.2 Å². The number of hydrogen-bond donors (Lipinski definition) is 3. The number of halogens is 1. The number of thioether (sulfide) groups is 1. The predicted molar refractivity (Wildman–Crippen MR) is 116 cm³/mol. The van der Waals surface area contributed by atoms with Crippen molar-refractivity contribution in [2.24, 2.45) is 5.16 Å². The highest BCUT2D eigenvalue weighted by Crippen LogP contribution is 2.40. The van der Waals surface area contributed by atoms with E-state index >= 15 is 0 Å². The van der Waals surface area contributed by atoms with Crippen LogP contribution >= 0.6 is 45.9 Å². The smallest absolute Gasteiger partial charge is 0.352 e. The van der Waals surface area contributed by atoms with Gasteiger partial charge in [-0.15, -0.1) is 11.8 Å². The third kappa shape index (κ3) is 4.23. The number of hydrogen-bond acceptors (Lipinski definition) is 10. The van der Waals surface area contributed by atoms with Gasteiger partial charge in [0, 0.05) is 21.7 Å². The molecule has 1 saturated heterocycles. The Balaban J connectivity index is 1.80. The number of nitrogens with zero attached hydrogens (tertiary/aromatic N) is 4. The molecule has 0 aromatic carbocycles. The molecule has 11 nitrogen and oxygen atoms in total. The molecular formula is C15H15IN6O5S2. The summed E-state index contributed by atoms with van der Waals surface area (Å²) in [5.74, 6) is -2.05. The van der Waals surface area contributed by atoms with Crippen LogP contribution in [0.3, 0.4) is 0 Å². The number of carboxylic acids is 1. The number of allylic oxidation sites excluding steroid dienone is 2.